The van der Waals surface area contributed by atoms with E-state index in [2.05, 4.69) is 9.98 Å². The maximum Gasteiger partial charge on any atom is 0.272 e. The van der Waals surface area contributed by atoms with Gasteiger partial charge in [-0.1, -0.05) is 48.5 Å². The molecular weight excluding hydrogens is 340 g/mol. The number of rotatable bonds is 3. The molecule has 1 aliphatic rings. The summed E-state index contributed by atoms with van der Waals surface area (Å²) in [5.41, 5.74) is 9.23. The molecule has 1 unspecified atom stereocenters. The first-order valence-corrected chi connectivity index (χ1v) is 8.51. The van der Waals surface area contributed by atoms with Crippen LogP contribution in [-0.2, 0) is 4.79 Å². The molecule has 2 aromatic carbocycles. The number of methoxy groups -OCH3 is 1. The van der Waals surface area contributed by atoms with Crippen molar-refractivity contribution in [2.75, 3.05) is 12.0 Å². The minimum atomic E-state index is -1.03. The lowest BCUT2D eigenvalue weighted by molar-refractivity contribution is -0.118. The molecule has 6 heteroatoms. The summed E-state index contributed by atoms with van der Waals surface area (Å²) in [6.45, 7) is 0. The summed E-state index contributed by atoms with van der Waals surface area (Å²) in [5, 5.41) is 0. The minimum Gasteiger partial charge on any atom is -0.495 e. The Kier molecular flexibility index (Phi) is 4.40. The number of hydrogen-bond acceptors (Lipinski definition) is 5. The van der Waals surface area contributed by atoms with Crippen LogP contribution in [-0.4, -0.2) is 29.9 Å². The van der Waals surface area contributed by atoms with Crippen molar-refractivity contribution >= 4 is 23.1 Å². The zero-order valence-corrected chi connectivity index (χ0v) is 14.7. The van der Waals surface area contributed by atoms with Crippen LogP contribution in [0.25, 0.3) is 0 Å². The zero-order chi connectivity index (χ0) is 18.8. The average molecular weight is 358 g/mol. The SMILES string of the molecule is COc1ccc(N2C(=O)C(N)N=C(c3ccccc3)c3ccccc32)nc1. The normalized spacial score (nSPS) is 16.4. The van der Waals surface area contributed by atoms with Gasteiger partial charge in [0, 0.05) is 11.1 Å². The number of aromatic nitrogens is 1. The van der Waals surface area contributed by atoms with E-state index in [4.69, 9.17) is 10.5 Å². The fourth-order valence-corrected chi connectivity index (χ4v) is 3.07. The van der Waals surface area contributed by atoms with E-state index in [0.29, 0.717) is 23.0 Å². The molecular formula is C21H18N4O2. The molecule has 0 spiro atoms. The summed E-state index contributed by atoms with van der Waals surface area (Å²) in [7, 11) is 1.57. The van der Waals surface area contributed by atoms with Gasteiger partial charge in [-0.05, 0) is 18.2 Å². The van der Waals surface area contributed by atoms with Crippen molar-refractivity contribution in [1.29, 1.82) is 0 Å². The number of benzodiazepines with no additional fused rings is 1. The summed E-state index contributed by atoms with van der Waals surface area (Å²) in [6, 6.07) is 20.8. The van der Waals surface area contributed by atoms with E-state index >= 15 is 0 Å². The second-order valence-electron chi connectivity index (χ2n) is 6.04. The minimum absolute atomic E-state index is 0.342. The third-order valence-corrected chi connectivity index (χ3v) is 4.37. The lowest BCUT2D eigenvalue weighted by Crippen LogP contribution is -2.40. The highest BCUT2D eigenvalue weighted by atomic mass is 16.5. The van der Waals surface area contributed by atoms with Gasteiger partial charge in [-0.25, -0.2) is 4.98 Å². The Balaban J connectivity index is 1.90. The highest BCUT2D eigenvalue weighted by Crippen LogP contribution is 2.33. The fraction of sp³-hybridized carbons (Fsp3) is 0.0952. The molecule has 0 saturated heterocycles. The molecule has 0 saturated carbocycles. The van der Waals surface area contributed by atoms with E-state index in [9.17, 15) is 4.79 Å². The average Bonchev–Trinajstić information content (AvgIpc) is 2.84. The van der Waals surface area contributed by atoms with E-state index in [-0.39, 0.29) is 5.91 Å². The number of benzene rings is 2. The van der Waals surface area contributed by atoms with Crippen molar-refractivity contribution in [1.82, 2.24) is 4.98 Å². The Labute approximate surface area is 156 Å². The number of amides is 1. The van der Waals surface area contributed by atoms with Crippen LogP contribution >= 0.6 is 0 Å². The van der Waals surface area contributed by atoms with Crippen LogP contribution in [0.4, 0.5) is 11.5 Å². The lowest BCUT2D eigenvalue weighted by Gasteiger charge is -2.23. The molecule has 2 N–H and O–H groups in total. The number of fused-ring (bicyclic) bond motifs is 1. The van der Waals surface area contributed by atoms with Crippen molar-refractivity contribution in [3.8, 4) is 5.75 Å². The predicted octanol–water partition coefficient (Wildman–Crippen LogP) is 2.89. The molecule has 0 radical (unpaired) electrons. The first kappa shape index (κ1) is 16.9. The van der Waals surface area contributed by atoms with E-state index < -0.39 is 6.17 Å². The van der Waals surface area contributed by atoms with Crippen molar-refractivity contribution in [3.63, 3.8) is 0 Å². The smallest absolute Gasteiger partial charge is 0.272 e. The topological polar surface area (TPSA) is 80.8 Å². The first-order chi connectivity index (χ1) is 13.2. The van der Waals surface area contributed by atoms with Crippen LogP contribution in [0, 0.1) is 0 Å². The van der Waals surface area contributed by atoms with Crippen molar-refractivity contribution in [2.24, 2.45) is 10.7 Å². The quantitative estimate of drug-likeness (QED) is 0.781. The molecule has 3 aromatic rings. The largest absolute Gasteiger partial charge is 0.495 e. The van der Waals surface area contributed by atoms with E-state index in [1.807, 2.05) is 54.6 Å². The fourth-order valence-electron chi connectivity index (χ4n) is 3.07. The highest BCUT2D eigenvalue weighted by molar-refractivity contribution is 6.21. The van der Waals surface area contributed by atoms with Crippen molar-refractivity contribution < 1.29 is 9.53 Å². The van der Waals surface area contributed by atoms with Gasteiger partial charge in [0.25, 0.3) is 5.91 Å². The molecule has 0 bridgehead atoms. The van der Waals surface area contributed by atoms with Crippen LogP contribution < -0.4 is 15.4 Å². The zero-order valence-electron chi connectivity index (χ0n) is 14.7. The third kappa shape index (κ3) is 3.07. The third-order valence-electron chi connectivity index (χ3n) is 4.37. The highest BCUT2D eigenvalue weighted by Gasteiger charge is 2.31. The molecule has 1 aliphatic heterocycles. The maximum absolute atomic E-state index is 13.1. The number of ether oxygens (including phenoxy) is 1. The van der Waals surface area contributed by atoms with Gasteiger partial charge in [0.05, 0.1) is 24.7 Å². The Morgan fingerprint density at radius 1 is 1.00 bits per heavy atom. The molecule has 2 heterocycles. The number of aliphatic imine (C=N–C) groups is 1. The van der Waals surface area contributed by atoms with Gasteiger partial charge in [0.1, 0.15) is 11.6 Å². The number of para-hydroxylation sites is 1. The Hall–Kier alpha value is -3.51. The molecule has 134 valence electrons. The van der Waals surface area contributed by atoms with Crippen LogP contribution in [0.3, 0.4) is 0 Å². The summed E-state index contributed by atoms with van der Waals surface area (Å²) in [4.78, 5) is 23.5. The maximum atomic E-state index is 13.1. The van der Waals surface area contributed by atoms with Crippen LogP contribution in [0.1, 0.15) is 11.1 Å². The molecule has 1 amide bonds. The Morgan fingerprint density at radius 2 is 1.74 bits per heavy atom. The van der Waals surface area contributed by atoms with Crippen LogP contribution in [0.15, 0.2) is 77.9 Å². The van der Waals surface area contributed by atoms with E-state index in [1.54, 1.807) is 25.4 Å². The van der Waals surface area contributed by atoms with Gasteiger partial charge in [-0.15, -0.1) is 0 Å². The Bertz CT molecular complexity index is 1000. The molecule has 1 aromatic heterocycles. The second kappa shape index (κ2) is 7.01. The molecule has 27 heavy (non-hydrogen) atoms. The standard InChI is InChI=1S/C21H18N4O2/c1-27-15-11-12-18(23-13-15)25-17-10-6-5-9-16(17)19(24-20(22)21(25)26)14-7-3-2-4-8-14/h2-13,20H,22H2,1H3. The van der Waals surface area contributed by atoms with Gasteiger partial charge in [-0.2, -0.15) is 0 Å². The number of nitrogens with two attached hydrogens (primary N) is 1. The van der Waals surface area contributed by atoms with Crippen LogP contribution in [0.5, 0.6) is 5.75 Å². The summed E-state index contributed by atoms with van der Waals surface area (Å²) in [6.07, 6.45) is 0.539. The van der Waals surface area contributed by atoms with Crippen molar-refractivity contribution in [2.45, 2.75) is 6.17 Å². The predicted molar refractivity (Wildman–Crippen MR) is 104 cm³/mol. The monoisotopic (exact) mass is 358 g/mol. The summed E-state index contributed by atoms with van der Waals surface area (Å²) >= 11 is 0. The van der Waals surface area contributed by atoms with Gasteiger partial charge in [0.15, 0.2) is 6.17 Å². The number of carbonyl (C=O) groups excluding carboxylic acids is 1. The Morgan fingerprint density at radius 3 is 2.44 bits per heavy atom. The summed E-state index contributed by atoms with van der Waals surface area (Å²) < 4.78 is 5.16. The van der Waals surface area contributed by atoms with Crippen LogP contribution in [0.2, 0.25) is 0 Å². The van der Waals surface area contributed by atoms with Crippen molar-refractivity contribution in [3.05, 3.63) is 84.1 Å². The molecule has 6 nitrogen and oxygen atoms in total. The van der Waals surface area contributed by atoms with Gasteiger partial charge < -0.3 is 10.5 Å². The number of carbonyl (C=O) groups is 1. The van der Waals surface area contributed by atoms with E-state index in [1.165, 1.54) is 4.90 Å². The molecule has 0 fully saturated rings. The number of pyridine rings is 1. The van der Waals surface area contributed by atoms with Gasteiger partial charge in [-0.3, -0.25) is 14.7 Å². The number of anilines is 2. The number of hydrogen-bond donors (Lipinski definition) is 1. The van der Waals surface area contributed by atoms with E-state index in [0.717, 1.165) is 11.1 Å². The summed E-state index contributed by atoms with van der Waals surface area (Å²) in [5.74, 6) is 0.735. The molecule has 1 atom stereocenters. The molecule has 4 rings (SSSR count). The number of nitrogens with zero attached hydrogens (tertiary/aromatic N) is 3. The lowest BCUT2D eigenvalue weighted by atomic mass is 10.0. The van der Waals surface area contributed by atoms with Gasteiger partial charge in [0.2, 0.25) is 0 Å². The molecule has 0 aliphatic carbocycles. The first-order valence-electron chi connectivity index (χ1n) is 8.51. The van der Waals surface area contributed by atoms with Gasteiger partial charge >= 0.3 is 0 Å². The second-order valence-corrected chi connectivity index (χ2v) is 6.04.